The third kappa shape index (κ3) is 3.19. The van der Waals surface area contributed by atoms with Crippen molar-refractivity contribution in [2.24, 2.45) is 0 Å². The van der Waals surface area contributed by atoms with Crippen LogP contribution in [0.15, 0.2) is 59.9 Å². The SMILES string of the molecule is O=C1NC2=C(C(=O)N(Cc3ccccn3)C2)C(c2ccccc2C(F)(F)F)N1. The molecule has 3 amide bonds. The van der Waals surface area contributed by atoms with Crippen molar-refractivity contribution in [1.82, 2.24) is 20.5 Å². The Bertz CT molecular complexity index is 973. The number of rotatable bonds is 3. The average molecular weight is 388 g/mol. The Morgan fingerprint density at radius 1 is 1.11 bits per heavy atom. The third-order valence-electron chi connectivity index (χ3n) is 4.68. The lowest BCUT2D eigenvalue weighted by Gasteiger charge is -2.27. The first kappa shape index (κ1) is 18.0. The molecule has 28 heavy (non-hydrogen) atoms. The maximum Gasteiger partial charge on any atom is 0.416 e. The molecule has 4 rings (SSSR count). The van der Waals surface area contributed by atoms with Crippen LogP contribution in [-0.4, -0.2) is 28.4 Å². The third-order valence-corrected chi connectivity index (χ3v) is 4.68. The van der Waals surface area contributed by atoms with Gasteiger partial charge in [0.25, 0.3) is 5.91 Å². The van der Waals surface area contributed by atoms with Crippen LogP contribution in [0.2, 0.25) is 0 Å². The zero-order valence-corrected chi connectivity index (χ0v) is 14.5. The zero-order valence-electron chi connectivity index (χ0n) is 14.5. The number of halogens is 3. The van der Waals surface area contributed by atoms with Gasteiger partial charge in [-0.2, -0.15) is 13.2 Å². The van der Waals surface area contributed by atoms with E-state index in [-0.39, 0.29) is 24.2 Å². The monoisotopic (exact) mass is 388 g/mol. The van der Waals surface area contributed by atoms with Crippen molar-refractivity contribution in [1.29, 1.82) is 0 Å². The maximum atomic E-state index is 13.5. The highest BCUT2D eigenvalue weighted by molar-refractivity contribution is 6.01. The molecular formula is C19H15F3N4O2. The molecule has 0 aliphatic carbocycles. The van der Waals surface area contributed by atoms with Gasteiger partial charge < -0.3 is 15.5 Å². The normalized spacial score (nSPS) is 19.4. The molecule has 0 bridgehead atoms. The number of alkyl halides is 3. The van der Waals surface area contributed by atoms with Gasteiger partial charge in [0.05, 0.1) is 41.7 Å². The quantitative estimate of drug-likeness (QED) is 0.849. The van der Waals surface area contributed by atoms with Gasteiger partial charge in [-0.1, -0.05) is 24.3 Å². The molecule has 2 aromatic rings. The Labute approximate surface area is 158 Å². The van der Waals surface area contributed by atoms with Gasteiger partial charge >= 0.3 is 12.2 Å². The van der Waals surface area contributed by atoms with Gasteiger partial charge in [-0.15, -0.1) is 0 Å². The van der Waals surface area contributed by atoms with Crippen molar-refractivity contribution < 1.29 is 22.8 Å². The van der Waals surface area contributed by atoms with Gasteiger partial charge in [-0.25, -0.2) is 4.79 Å². The summed E-state index contributed by atoms with van der Waals surface area (Å²) in [5, 5.41) is 5.01. The summed E-state index contributed by atoms with van der Waals surface area (Å²) in [5.41, 5.74) is 0.0246. The van der Waals surface area contributed by atoms with Crippen LogP contribution in [0.1, 0.15) is 22.9 Å². The second-order valence-electron chi connectivity index (χ2n) is 6.49. The van der Waals surface area contributed by atoms with Gasteiger partial charge in [0.15, 0.2) is 0 Å². The summed E-state index contributed by atoms with van der Waals surface area (Å²) < 4.78 is 40.4. The maximum absolute atomic E-state index is 13.5. The van der Waals surface area contributed by atoms with E-state index in [1.165, 1.54) is 23.1 Å². The molecule has 9 heteroatoms. The Morgan fingerprint density at radius 2 is 1.86 bits per heavy atom. The molecule has 1 aromatic carbocycles. The fourth-order valence-electron chi connectivity index (χ4n) is 3.48. The summed E-state index contributed by atoms with van der Waals surface area (Å²) >= 11 is 0. The first-order valence-corrected chi connectivity index (χ1v) is 8.50. The fourth-order valence-corrected chi connectivity index (χ4v) is 3.48. The van der Waals surface area contributed by atoms with E-state index in [4.69, 9.17) is 0 Å². The molecule has 1 atom stereocenters. The van der Waals surface area contributed by atoms with Crippen molar-refractivity contribution in [3.05, 3.63) is 76.8 Å². The fraction of sp³-hybridized carbons (Fsp3) is 0.211. The van der Waals surface area contributed by atoms with Crippen LogP contribution in [0.25, 0.3) is 0 Å². The molecule has 2 aliphatic rings. The van der Waals surface area contributed by atoms with E-state index in [0.717, 1.165) is 6.07 Å². The number of pyridine rings is 1. The summed E-state index contributed by atoms with van der Waals surface area (Å²) in [4.78, 5) is 30.6. The highest BCUT2D eigenvalue weighted by Gasteiger charge is 2.43. The number of nitrogens with one attached hydrogen (secondary N) is 2. The van der Waals surface area contributed by atoms with E-state index >= 15 is 0 Å². The first-order valence-electron chi connectivity index (χ1n) is 8.50. The van der Waals surface area contributed by atoms with Gasteiger partial charge in [0, 0.05) is 6.20 Å². The second-order valence-corrected chi connectivity index (χ2v) is 6.49. The second kappa shape index (κ2) is 6.66. The van der Waals surface area contributed by atoms with Crippen LogP contribution in [0.4, 0.5) is 18.0 Å². The van der Waals surface area contributed by atoms with Gasteiger partial charge in [0.2, 0.25) is 0 Å². The summed E-state index contributed by atoms with van der Waals surface area (Å²) in [7, 11) is 0. The van der Waals surface area contributed by atoms with Crippen LogP contribution in [0.3, 0.4) is 0 Å². The smallest absolute Gasteiger partial charge is 0.327 e. The van der Waals surface area contributed by atoms with E-state index in [1.807, 2.05) is 0 Å². The van der Waals surface area contributed by atoms with Crippen molar-refractivity contribution in [2.45, 2.75) is 18.8 Å². The Morgan fingerprint density at radius 3 is 2.57 bits per heavy atom. The number of hydrogen-bond donors (Lipinski definition) is 2. The van der Waals surface area contributed by atoms with Crippen LogP contribution < -0.4 is 10.6 Å². The molecule has 1 unspecified atom stereocenters. The van der Waals surface area contributed by atoms with E-state index in [1.54, 1.807) is 24.4 Å². The molecule has 0 saturated carbocycles. The van der Waals surface area contributed by atoms with Crippen LogP contribution >= 0.6 is 0 Å². The highest BCUT2D eigenvalue weighted by Crippen LogP contribution is 2.39. The number of benzene rings is 1. The average Bonchev–Trinajstić information content (AvgIpc) is 2.96. The minimum absolute atomic E-state index is 0.100. The molecule has 1 aromatic heterocycles. The van der Waals surface area contributed by atoms with E-state index in [2.05, 4.69) is 15.6 Å². The van der Waals surface area contributed by atoms with Gasteiger partial charge in [0.1, 0.15) is 0 Å². The summed E-state index contributed by atoms with van der Waals surface area (Å²) in [6, 6.07) is 8.38. The van der Waals surface area contributed by atoms with E-state index in [9.17, 15) is 22.8 Å². The highest BCUT2D eigenvalue weighted by atomic mass is 19.4. The molecule has 0 radical (unpaired) electrons. The summed E-state index contributed by atoms with van der Waals surface area (Å²) in [6.45, 7) is 0.291. The van der Waals surface area contributed by atoms with E-state index in [0.29, 0.717) is 11.4 Å². The number of urea groups is 1. The van der Waals surface area contributed by atoms with Gasteiger partial charge in [-0.05, 0) is 23.8 Å². The Hall–Kier alpha value is -3.36. The number of carbonyl (C=O) groups is 2. The lowest BCUT2D eigenvalue weighted by molar-refractivity contribution is -0.138. The number of aromatic nitrogens is 1. The summed E-state index contributed by atoms with van der Waals surface area (Å²) in [5.74, 6) is -0.435. The Kier molecular flexibility index (Phi) is 4.29. The van der Waals surface area contributed by atoms with Crippen LogP contribution in [0, 0.1) is 0 Å². The minimum atomic E-state index is -4.61. The van der Waals surface area contributed by atoms with Crippen LogP contribution in [0.5, 0.6) is 0 Å². The molecule has 3 heterocycles. The van der Waals surface area contributed by atoms with Crippen molar-refractivity contribution >= 4 is 11.9 Å². The first-order chi connectivity index (χ1) is 13.3. The molecular weight excluding hydrogens is 373 g/mol. The van der Waals surface area contributed by atoms with E-state index < -0.39 is 29.7 Å². The van der Waals surface area contributed by atoms with Crippen molar-refractivity contribution in [2.75, 3.05) is 6.54 Å². The predicted octanol–water partition coefficient (Wildman–Crippen LogP) is 2.75. The lowest BCUT2D eigenvalue weighted by atomic mass is 9.92. The predicted molar refractivity (Wildman–Crippen MR) is 92.5 cm³/mol. The number of carbonyl (C=O) groups excluding carboxylic acids is 2. The van der Waals surface area contributed by atoms with Gasteiger partial charge in [-0.3, -0.25) is 9.78 Å². The standard InChI is InChI=1S/C19H15F3N4O2/c20-19(21,22)13-7-2-1-6-12(13)16-15-14(24-18(28)25-16)10-26(17(15)27)9-11-5-3-4-8-23-11/h1-8,16H,9-10H2,(H2,24,25,28). The number of hydrogen-bond acceptors (Lipinski definition) is 3. The lowest BCUT2D eigenvalue weighted by Crippen LogP contribution is -2.44. The molecule has 144 valence electrons. The molecule has 2 N–H and O–H groups in total. The van der Waals surface area contributed by atoms with Crippen molar-refractivity contribution in [3.8, 4) is 0 Å². The molecule has 6 nitrogen and oxygen atoms in total. The zero-order chi connectivity index (χ0) is 19.9. The summed E-state index contributed by atoms with van der Waals surface area (Å²) in [6.07, 6.45) is -3.02. The molecule has 0 fully saturated rings. The minimum Gasteiger partial charge on any atom is -0.327 e. The number of amides is 3. The molecule has 0 spiro atoms. The largest absolute Gasteiger partial charge is 0.416 e. The molecule has 0 saturated heterocycles. The molecule has 2 aliphatic heterocycles. The van der Waals surface area contributed by atoms with Crippen LogP contribution in [-0.2, 0) is 17.5 Å². The number of nitrogens with zero attached hydrogens (tertiary/aromatic N) is 2. The Balaban J connectivity index is 1.70. The van der Waals surface area contributed by atoms with Crippen molar-refractivity contribution in [3.63, 3.8) is 0 Å². The topological polar surface area (TPSA) is 74.3 Å².